The Morgan fingerprint density at radius 3 is 2.76 bits per heavy atom. The van der Waals surface area contributed by atoms with E-state index in [-0.39, 0.29) is 18.3 Å². The smallest absolute Gasteiger partial charge is 0.340 e. The third kappa shape index (κ3) is 4.63. The Bertz CT molecular complexity index is 393. The molecule has 1 aromatic carbocycles. The van der Waals surface area contributed by atoms with Gasteiger partial charge >= 0.3 is 5.97 Å². The highest BCUT2D eigenvalue weighted by atomic mass is 35.5. The van der Waals surface area contributed by atoms with E-state index in [2.05, 4.69) is 0 Å². The van der Waals surface area contributed by atoms with Crippen LogP contribution in [-0.2, 0) is 9.47 Å². The lowest BCUT2D eigenvalue weighted by Crippen LogP contribution is -2.14. The molecule has 0 heterocycles. The zero-order chi connectivity index (χ0) is 12.8. The molecule has 0 atom stereocenters. The van der Waals surface area contributed by atoms with Gasteiger partial charge in [0.15, 0.2) is 0 Å². The molecule has 0 fully saturated rings. The van der Waals surface area contributed by atoms with Crippen LogP contribution in [0.2, 0.25) is 5.02 Å². The third-order valence-electron chi connectivity index (χ3n) is 2.00. The Kier molecular flexibility index (Phi) is 5.25. The molecule has 1 aromatic rings. The van der Waals surface area contributed by atoms with Crippen LogP contribution in [0.4, 0.5) is 5.69 Å². The van der Waals surface area contributed by atoms with E-state index in [4.69, 9.17) is 26.8 Å². The topological polar surface area (TPSA) is 61.5 Å². The lowest BCUT2D eigenvalue weighted by Gasteiger charge is -2.09. The number of rotatable bonds is 5. The Labute approximate surface area is 106 Å². The average Bonchev–Trinajstić information content (AvgIpc) is 2.27. The number of carbonyl (C=O) groups excluding carboxylic acids is 1. The summed E-state index contributed by atoms with van der Waals surface area (Å²) in [5.74, 6) is -0.489. The fourth-order valence-electron chi connectivity index (χ4n) is 1.20. The van der Waals surface area contributed by atoms with E-state index in [1.807, 2.05) is 13.8 Å². The molecule has 4 nitrogen and oxygen atoms in total. The van der Waals surface area contributed by atoms with Gasteiger partial charge in [0.1, 0.15) is 6.61 Å². The van der Waals surface area contributed by atoms with Crippen LogP contribution in [0.15, 0.2) is 18.2 Å². The van der Waals surface area contributed by atoms with Crippen molar-refractivity contribution in [2.24, 2.45) is 0 Å². The maximum atomic E-state index is 11.6. The van der Waals surface area contributed by atoms with E-state index < -0.39 is 5.97 Å². The number of benzene rings is 1. The largest absolute Gasteiger partial charge is 0.460 e. The Hall–Kier alpha value is -1.26. The lowest BCUT2D eigenvalue weighted by atomic mass is 10.2. The molecule has 0 bridgehead atoms. The number of hydrogen-bond acceptors (Lipinski definition) is 4. The van der Waals surface area contributed by atoms with Crippen molar-refractivity contribution in [3.8, 4) is 0 Å². The standard InChI is InChI=1S/C12H16ClNO3/c1-8(2)16-5-6-17-12(15)10-7-9(13)3-4-11(10)14/h3-4,7-8H,5-6,14H2,1-2H3. The number of halogens is 1. The third-order valence-corrected chi connectivity index (χ3v) is 2.24. The normalized spacial score (nSPS) is 10.6. The quantitative estimate of drug-likeness (QED) is 0.500. The Morgan fingerprint density at radius 2 is 2.12 bits per heavy atom. The van der Waals surface area contributed by atoms with Crippen LogP contribution in [0.25, 0.3) is 0 Å². The molecule has 0 aromatic heterocycles. The molecule has 0 saturated carbocycles. The summed E-state index contributed by atoms with van der Waals surface area (Å²) >= 11 is 5.78. The molecule has 0 amide bonds. The van der Waals surface area contributed by atoms with Gasteiger partial charge in [-0.15, -0.1) is 0 Å². The van der Waals surface area contributed by atoms with Crippen molar-refractivity contribution in [3.63, 3.8) is 0 Å². The van der Waals surface area contributed by atoms with Crippen molar-refractivity contribution in [2.75, 3.05) is 18.9 Å². The maximum absolute atomic E-state index is 11.6. The summed E-state index contributed by atoms with van der Waals surface area (Å²) in [6, 6.07) is 4.68. The second kappa shape index (κ2) is 6.47. The van der Waals surface area contributed by atoms with Crippen molar-refractivity contribution >= 4 is 23.3 Å². The lowest BCUT2D eigenvalue weighted by molar-refractivity contribution is 0.0177. The van der Waals surface area contributed by atoms with E-state index in [1.54, 1.807) is 12.1 Å². The van der Waals surface area contributed by atoms with Gasteiger partial charge in [0.2, 0.25) is 0 Å². The van der Waals surface area contributed by atoms with E-state index in [0.29, 0.717) is 17.3 Å². The van der Waals surface area contributed by atoms with Crippen LogP contribution in [0.3, 0.4) is 0 Å². The summed E-state index contributed by atoms with van der Waals surface area (Å²) in [4.78, 5) is 11.6. The predicted molar refractivity (Wildman–Crippen MR) is 67.2 cm³/mol. The van der Waals surface area contributed by atoms with Crippen LogP contribution < -0.4 is 5.73 Å². The second-order valence-electron chi connectivity index (χ2n) is 3.79. The fraction of sp³-hybridized carbons (Fsp3) is 0.417. The summed E-state index contributed by atoms with van der Waals surface area (Å²) in [7, 11) is 0. The first-order chi connectivity index (χ1) is 8.00. The van der Waals surface area contributed by atoms with Crippen molar-refractivity contribution in [2.45, 2.75) is 20.0 Å². The summed E-state index contributed by atoms with van der Waals surface area (Å²) in [6.45, 7) is 4.39. The van der Waals surface area contributed by atoms with Gasteiger partial charge in [-0.1, -0.05) is 11.6 Å². The molecular formula is C12H16ClNO3. The molecule has 0 radical (unpaired) electrons. The molecule has 0 spiro atoms. The van der Waals surface area contributed by atoms with Crippen LogP contribution in [0.5, 0.6) is 0 Å². The number of anilines is 1. The van der Waals surface area contributed by atoms with E-state index in [9.17, 15) is 4.79 Å². The highest BCUT2D eigenvalue weighted by Gasteiger charge is 2.11. The summed E-state index contributed by atoms with van der Waals surface area (Å²) in [6.07, 6.45) is 0.116. The molecule has 1 rings (SSSR count). The van der Waals surface area contributed by atoms with Crippen molar-refractivity contribution in [3.05, 3.63) is 28.8 Å². The number of nitrogen functional groups attached to an aromatic ring is 1. The Morgan fingerprint density at radius 1 is 1.41 bits per heavy atom. The zero-order valence-electron chi connectivity index (χ0n) is 9.90. The average molecular weight is 258 g/mol. The number of carbonyl (C=O) groups is 1. The molecule has 0 unspecified atom stereocenters. The minimum atomic E-state index is -0.489. The van der Waals surface area contributed by atoms with E-state index >= 15 is 0 Å². The minimum Gasteiger partial charge on any atom is -0.460 e. The van der Waals surface area contributed by atoms with Crippen molar-refractivity contribution < 1.29 is 14.3 Å². The predicted octanol–water partition coefficient (Wildman–Crippen LogP) is 2.50. The fourth-order valence-corrected chi connectivity index (χ4v) is 1.37. The number of hydrogen-bond donors (Lipinski definition) is 1. The maximum Gasteiger partial charge on any atom is 0.340 e. The highest BCUT2D eigenvalue weighted by molar-refractivity contribution is 6.31. The molecule has 5 heteroatoms. The van der Waals surface area contributed by atoms with Gasteiger partial charge in [-0.3, -0.25) is 0 Å². The Balaban J connectivity index is 2.49. The zero-order valence-corrected chi connectivity index (χ0v) is 10.7. The molecular weight excluding hydrogens is 242 g/mol. The van der Waals surface area contributed by atoms with Crippen LogP contribution >= 0.6 is 11.6 Å². The molecule has 17 heavy (non-hydrogen) atoms. The first-order valence-corrected chi connectivity index (χ1v) is 5.72. The molecule has 0 saturated heterocycles. The first-order valence-electron chi connectivity index (χ1n) is 5.34. The second-order valence-corrected chi connectivity index (χ2v) is 4.22. The van der Waals surface area contributed by atoms with E-state index in [0.717, 1.165) is 0 Å². The SMILES string of the molecule is CC(C)OCCOC(=O)c1cc(Cl)ccc1N. The van der Waals surface area contributed by atoms with Gasteiger partial charge in [0.25, 0.3) is 0 Å². The van der Waals surface area contributed by atoms with Crippen molar-refractivity contribution in [1.82, 2.24) is 0 Å². The van der Waals surface area contributed by atoms with Gasteiger partial charge in [0.05, 0.1) is 18.3 Å². The van der Waals surface area contributed by atoms with Crippen LogP contribution in [0, 0.1) is 0 Å². The number of esters is 1. The summed E-state index contributed by atoms with van der Waals surface area (Å²) < 4.78 is 10.3. The van der Waals surface area contributed by atoms with Crippen LogP contribution in [0.1, 0.15) is 24.2 Å². The number of nitrogens with two attached hydrogens (primary N) is 1. The van der Waals surface area contributed by atoms with E-state index in [1.165, 1.54) is 6.07 Å². The molecule has 2 N–H and O–H groups in total. The summed E-state index contributed by atoms with van der Waals surface area (Å²) in [5.41, 5.74) is 6.28. The first kappa shape index (κ1) is 13.8. The van der Waals surface area contributed by atoms with Crippen LogP contribution in [-0.4, -0.2) is 25.3 Å². The highest BCUT2D eigenvalue weighted by Crippen LogP contribution is 2.18. The van der Waals surface area contributed by atoms with Gasteiger partial charge in [-0.2, -0.15) is 0 Å². The molecule has 0 aliphatic heterocycles. The van der Waals surface area contributed by atoms with Crippen molar-refractivity contribution in [1.29, 1.82) is 0 Å². The molecule has 0 aliphatic carbocycles. The van der Waals surface area contributed by atoms with Gasteiger partial charge in [-0.25, -0.2) is 4.79 Å². The van der Waals surface area contributed by atoms with Gasteiger partial charge in [0, 0.05) is 10.7 Å². The molecule has 94 valence electrons. The number of ether oxygens (including phenoxy) is 2. The van der Waals surface area contributed by atoms with Gasteiger partial charge < -0.3 is 15.2 Å². The van der Waals surface area contributed by atoms with Gasteiger partial charge in [-0.05, 0) is 32.0 Å². The monoisotopic (exact) mass is 257 g/mol. The minimum absolute atomic E-state index is 0.116. The molecule has 0 aliphatic rings. The summed E-state index contributed by atoms with van der Waals surface area (Å²) in [5, 5.41) is 0.449.